The summed E-state index contributed by atoms with van der Waals surface area (Å²) in [5, 5.41) is 8.14. The third kappa shape index (κ3) is 3.71. The highest BCUT2D eigenvalue weighted by Crippen LogP contribution is 2.40. The molecule has 4 N–H and O–H groups in total. The van der Waals surface area contributed by atoms with Gasteiger partial charge in [0.25, 0.3) is 0 Å². The van der Waals surface area contributed by atoms with E-state index in [1.54, 1.807) is 11.3 Å². The zero-order valence-electron chi connectivity index (χ0n) is 13.4. The number of pyridine rings is 1. The summed E-state index contributed by atoms with van der Waals surface area (Å²) in [6.45, 7) is 4.14. The summed E-state index contributed by atoms with van der Waals surface area (Å²) in [5.41, 5.74) is 16.2. The standard InChI is InChI=1S/C16H18ClN5S.ClH/c1-8-3-4-20-11-6-10(15-9(2)5-13(17)23-15)7-12(14(8)11)21-22-16(18)19;/h3-5,10H,6-7H2,1-2H3,(H4,18,19,22);1H. The highest BCUT2D eigenvalue weighted by atomic mass is 35.5. The molecule has 1 aliphatic carbocycles. The minimum atomic E-state index is -0.0435. The van der Waals surface area contributed by atoms with Crippen molar-refractivity contribution in [3.05, 3.63) is 49.9 Å². The van der Waals surface area contributed by atoms with Crippen molar-refractivity contribution in [2.45, 2.75) is 32.6 Å². The van der Waals surface area contributed by atoms with Gasteiger partial charge < -0.3 is 11.5 Å². The van der Waals surface area contributed by atoms with Crippen molar-refractivity contribution in [3.8, 4) is 0 Å². The van der Waals surface area contributed by atoms with Gasteiger partial charge in [-0.05, 0) is 43.5 Å². The fraction of sp³-hybridized carbons (Fsp3) is 0.312. The lowest BCUT2D eigenvalue weighted by Crippen LogP contribution is -2.24. The van der Waals surface area contributed by atoms with Crippen LogP contribution in [0, 0.1) is 13.8 Å². The summed E-state index contributed by atoms with van der Waals surface area (Å²) in [5.74, 6) is 0.250. The Morgan fingerprint density at radius 1 is 1.29 bits per heavy atom. The molecule has 128 valence electrons. The van der Waals surface area contributed by atoms with E-state index in [1.807, 2.05) is 18.3 Å². The fourth-order valence-corrected chi connectivity index (χ4v) is 4.47. The van der Waals surface area contributed by atoms with Crippen LogP contribution in [0.15, 0.2) is 28.5 Å². The average molecular weight is 384 g/mol. The molecule has 3 rings (SSSR count). The molecule has 2 aromatic heterocycles. The van der Waals surface area contributed by atoms with E-state index in [4.69, 9.17) is 23.1 Å². The Morgan fingerprint density at radius 3 is 2.67 bits per heavy atom. The van der Waals surface area contributed by atoms with Gasteiger partial charge in [0.05, 0.1) is 15.7 Å². The summed E-state index contributed by atoms with van der Waals surface area (Å²) in [7, 11) is 0. The summed E-state index contributed by atoms with van der Waals surface area (Å²) in [4.78, 5) is 5.83. The van der Waals surface area contributed by atoms with Gasteiger partial charge in [-0.2, -0.15) is 5.10 Å². The minimum Gasteiger partial charge on any atom is -0.369 e. The summed E-state index contributed by atoms with van der Waals surface area (Å²) < 4.78 is 0.809. The quantitative estimate of drug-likeness (QED) is 0.471. The molecule has 2 heterocycles. The number of fused-ring (bicyclic) bond motifs is 1. The van der Waals surface area contributed by atoms with Gasteiger partial charge in [0.15, 0.2) is 0 Å². The van der Waals surface area contributed by atoms with Gasteiger partial charge in [0.2, 0.25) is 5.96 Å². The lowest BCUT2D eigenvalue weighted by Gasteiger charge is -2.25. The number of guanidine groups is 1. The number of nitrogens with two attached hydrogens (primary N) is 2. The second-order valence-corrected chi connectivity index (χ2v) is 7.44. The average Bonchev–Trinajstić information content (AvgIpc) is 2.83. The van der Waals surface area contributed by atoms with Crippen LogP contribution in [0.25, 0.3) is 0 Å². The van der Waals surface area contributed by atoms with Gasteiger partial charge in [0.1, 0.15) is 0 Å². The normalized spacial score (nSPS) is 18.0. The molecule has 2 aromatic rings. The highest BCUT2D eigenvalue weighted by Gasteiger charge is 2.29. The number of halogens is 2. The van der Waals surface area contributed by atoms with E-state index in [2.05, 4.69) is 29.0 Å². The number of aryl methyl sites for hydroxylation is 2. The lowest BCUT2D eigenvalue weighted by atomic mass is 9.82. The Balaban J connectivity index is 0.00000208. The predicted octanol–water partition coefficient (Wildman–Crippen LogP) is 3.54. The molecule has 0 aromatic carbocycles. The molecule has 0 amide bonds. The van der Waals surface area contributed by atoms with Crippen LogP contribution in [0.3, 0.4) is 0 Å². The van der Waals surface area contributed by atoms with Crippen molar-refractivity contribution in [3.63, 3.8) is 0 Å². The van der Waals surface area contributed by atoms with Gasteiger partial charge in [-0.15, -0.1) is 28.8 Å². The van der Waals surface area contributed by atoms with Crippen LogP contribution in [0.5, 0.6) is 0 Å². The van der Waals surface area contributed by atoms with Gasteiger partial charge in [-0.1, -0.05) is 11.6 Å². The summed E-state index contributed by atoms with van der Waals surface area (Å²) in [6.07, 6.45) is 3.48. The maximum absolute atomic E-state index is 6.17. The van der Waals surface area contributed by atoms with E-state index in [1.165, 1.54) is 10.4 Å². The highest BCUT2D eigenvalue weighted by molar-refractivity contribution is 7.16. The molecule has 1 unspecified atom stereocenters. The number of thiophene rings is 1. The molecule has 5 nitrogen and oxygen atoms in total. The van der Waals surface area contributed by atoms with Crippen LogP contribution in [0.4, 0.5) is 0 Å². The largest absolute Gasteiger partial charge is 0.369 e. The van der Waals surface area contributed by atoms with Gasteiger partial charge in [-0.3, -0.25) is 4.98 Å². The monoisotopic (exact) mass is 383 g/mol. The molecule has 1 atom stereocenters. The number of rotatable bonds is 2. The Kier molecular flexibility index (Phi) is 5.85. The van der Waals surface area contributed by atoms with Crippen molar-refractivity contribution >= 4 is 47.0 Å². The van der Waals surface area contributed by atoms with Crippen LogP contribution in [0.1, 0.15) is 39.6 Å². The minimum absolute atomic E-state index is 0. The van der Waals surface area contributed by atoms with Crippen molar-refractivity contribution in [1.29, 1.82) is 0 Å². The van der Waals surface area contributed by atoms with Gasteiger partial charge in [-0.25, -0.2) is 0 Å². The maximum Gasteiger partial charge on any atom is 0.211 e. The van der Waals surface area contributed by atoms with E-state index >= 15 is 0 Å². The van der Waals surface area contributed by atoms with Crippen molar-refractivity contribution in [2.75, 3.05) is 0 Å². The zero-order valence-corrected chi connectivity index (χ0v) is 15.8. The van der Waals surface area contributed by atoms with Gasteiger partial charge in [0, 0.05) is 29.0 Å². The molecule has 0 aliphatic heterocycles. The molecule has 0 saturated carbocycles. The van der Waals surface area contributed by atoms with E-state index < -0.39 is 0 Å². The van der Waals surface area contributed by atoms with Crippen LogP contribution >= 0.6 is 35.3 Å². The molecule has 0 radical (unpaired) electrons. The number of nitrogens with zero attached hydrogens (tertiary/aromatic N) is 3. The molecule has 24 heavy (non-hydrogen) atoms. The van der Waals surface area contributed by atoms with E-state index in [9.17, 15) is 0 Å². The third-order valence-corrected chi connectivity index (χ3v) is 5.52. The van der Waals surface area contributed by atoms with Crippen LogP contribution in [0.2, 0.25) is 4.34 Å². The molecule has 0 saturated heterocycles. The SMILES string of the molecule is Cc1cc(Cl)sc1C1CC(=NN=C(N)N)c2c(C)ccnc2C1.Cl. The topological polar surface area (TPSA) is 89.6 Å². The van der Waals surface area contributed by atoms with E-state index in [-0.39, 0.29) is 18.4 Å². The van der Waals surface area contributed by atoms with Crippen molar-refractivity contribution < 1.29 is 0 Å². The molecular formula is C16H19Cl2N5S. The smallest absolute Gasteiger partial charge is 0.211 e. The molecular weight excluding hydrogens is 365 g/mol. The predicted molar refractivity (Wildman–Crippen MR) is 104 cm³/mol. The molecule has 1 aliphatic rings. The van der Waals surface area contributed by atoms with Gasteiger partial charge >= 0.3 is 0 Å². The van der Waals surface area contributed by atoms with Crippen LogP contribution in [-0.4, -0.2) is 16.7 Å². The zero-order chi connectivity index (χ0) is 16.6. The Labute approximate surface area is 156 Å². The van der Waals surface area contributed by atoms with E-state index in [0.717, 1.165) is 39.7 Å². The van der Waals surface area contributed by atoms with Crippen LogP contribution in [-0.2, 0) is 6.42 Å². The Morgan fingerprint density at radius 2 is 2.04 bits per heavy atom. The lowest BCUT2D eigenvalue weighted by molar-refractivity contribution is 0.685. The van der Waals surface area contributed by atoms with Crippen molar-refractivity contribution in [1.82, 2.24) is 4.98 Å². The second-order valence-electron chi connectivity index (χ2n) is 5.72. The first-order chi connectivity index (χ1) is 11.0. The maximum atomic E-state index is 6.17. The molecule has 0 bridgehead atoms. The summed E-state index contributed by atoms with van der Waals surface area (Å²) >= 11 is 7.79. The van der Waals surface area contributed by atoms with Crippen molar-refractivity contribution in [2.24, 2.45) is 21.7 Å². The summed E-state index contributed by atoms with van der Waals surface area (Å²) in [6, 6.07) is 3.99. The molecule has 0 fully saturated rings. The fourth-order valence-electron chi connectivity index (χ4n) is 3.06. The first-order valence-electron chi connectivity index (χ1n) is 7.32. The number of aromatic nitrogens is 1. The molecule has 8 heteroatoms. The first kappa shape index (κ1) is 18.7. The van der Waals surface area contributed by atoms with Crippen LogP contribution < -0.4 is 11.5 Å². The Bertz CT molecular complexity index is 809. The first-order valence-corrected chi connectivity index (χ1v) is 8.51. The second kappa shape index (κ2) is 7.51. The number of hydrogen-bond acceptors (Lipinski definition) is 4. The Hall–Kier alpha value is -1.63. The van der Waals surface area contributed by atoms with E-state index in [0.29, 0.717) is 5.92 Å². The molecule has 0 spiro atoms. The number of hydrogen-bond donors (Lipinski definition) is 2. The third-order valence-electron chi connectivity index (χ3n) is 3.99.